The van der Waals surface area contributed by atoms with Crippen LogP contribution in [0.25, 0.3) is 0 Å². The molecule has 0 radical (unpaired) electrons. The quantitative estimate of drug-likeness (QED) is 0.0260. The fraction of sp³-hybridized carbons (Fsp3) is 0.659. The molecule has 150 heavy (non-hydrogen) atoms. The molecule has 4 heterocycles. The van der Waals surface area contributed by atoms with Crippen molar-refractivity contribution in [2.24, 2.45) is 65.1 Å². The zero-order chi connectivity index (χ0) is 116. The molecule has 16 nitrogen and oxygen atoms in total. The minimum absolute atomic E-state index is 0.0704. The number of hydrogen-bond donors (Lipinski definition) is 2. The average molecular weight is 2120 g/mol. The molecule has 1 aliphatic carbocycles. The van der Waals surface area contributed by atoms with Crippen molar-refractivity contribution in [2.75, 3.05) is 226 Å². The van der Waals surface area contributed by atoms with Crippen LogP contribution in [0.5, 0.6) is 0 Å². The van der Waals surface area contributed by atoms with Gasteiger partial charge in [0.2, 0.25) is 0 Å². The van der Waals surface area contributed by atoms with Gasteiger partial charge >= 0.3 is 5.97 Å². The van der Waals surface area contributed by atoms with Gasteiger partial charge in [0.1, 0.15) is 16.1 Å². The van der Waals surface area contributed by atoms with Crippen LogP contribution in [0.15, 0.2) is 244 Å². The summed E-state index contributed by atoms with van der Waals surface area (Å²) in [4.78, 5) is 36.7. The number of carboxylic acids is 1. The van der Waals surface area contributed by atoms with E-state index in [9.17, 15) is 4.79 Å². The zero-order valence-corrected chi connectivity index (χ0v) is 107. The molecule has 0 spiro atoms. The highest BCUT2D eigenvalue weighted by molar-refractivity contribution is 6.84. The van der Waals surface area contributed by atoms with E-state index in [1.54, 1.807) is 37.3 Å². The summed E-state index contributed by atoms with van der Waals surface area (Å²) in [5, 5.41) is 18.7. The van der Waals surface area contributed by atoms with Gasteiger partial charge in [0.25, 0.3) is 0 Å². The van der Waals surface area contributed by atoms with Gasteiger partial charge in [-0.3, -0.25) is 39.1 Å². The summed E-state index contributed by atoms with van der Waals surface area (Å²) in [5.41, 5.74) is 19.5. The molecule has 2 N–H and O–H groups in total. The number of likely N-dealkylation sites (N-methyl/N-ethyl adjacent to an activating group) is 4. The van der Waals surface area contributed by atoms with Crippen molar-refractivity contribution in [2.45, 2.75) is 281 Å². The van der Waals surface area contributed by atoms with Crippen LogP contribution in [0.3, 0.4) is 0 Å². The number of hydrogen-bond acceptors (Lipinski definition) is 15. The summed E-state index contributed by atoms with van der Waals surface area (Å²) in [7, 11) is 11.0. The van der Waals surface area contributed by atoms with Crippen molar-refractivity contribution in [1.82, 2.24) is 49.2 Å². The number of carbonyl (C=O) groups is 1. The molecule has 4 saturated heterocycles. The maximum atomic E-state index is 10.4. The molecule has 862 valence electrons. The van der Waals surface area contributed by atoms with Crippen LogP contribution < -0.4 is 0 Å². The monoisotopic (exact) mass is 2120 g/mol. The summed E-state index contributed by atoms with van der Waals surface area (Å²) in [6.07, 6.45) is 50.1. The van der Waals surface area contributed by atoms with Crippen LogP contribution in [-0.2, 0) is 19.1 Å². The van der Waals surface area contributed by atoms with Gasteiger partial charge < -0.3 is 34.3 Å². The summed E-state index contributed by atoms with van der Waals surface area (Å²) in [6, 6.07) is 0.938. The highest BCUT2D eigenvalue weighted by Crippen LogP contribution is 2.28. The third kappa shape index (κ3) is 120. The summed E-state index contributed by atoms with van der Waals surface area (Å²) >= 11 is 0. The van der Waals surface area contributed by atoms with E-state index in [4.69, 9.17) is 24.5 Å². The van der Waals surface area contributed by atoms with Crippen LogP contribution in [0.1, 0.15) is 236 Å². The molecule has 5 rings (SSSR count). The lowest BCUT2D eigenvalue weighted by molar-refractivity contribution is -0.137. The second kappa shape index (κ2) is 96.8. The lowest BCUT2D eigenvalue weighted by Gasteiger charge is -2.34. The molecule has 5 fully saturated rings. The lowest BCUT2D eigenvalue weighted by Crippen LogP contribution is -2.47. The Morgan fingerprint density at radius 2 is 0.640 bits per heavy atom. The highest BCUT2D eigenvalue weighted by Gasteiger charge is 2.31. The van der Waals surface area contributed by atoms with E-state index in [2.05, 4.69) is 427 Å². The number of hydroxylamine groups is 2. The van der Waals surface area contributed by atoms with Crippen LogP contribution in [-0.4, -0.2) is 314 Å². The molecular weight excluding hydrogens is 1880 g/mol. The number of aliphatic carboxylic acids is 1. The smallest absolute Gasteiger partial charge is 0.317 e. The Bertz CT molecular complexity index is 3920. The number of aliphatic hydroxyl groups is 1. The second-order valence-corrected chi connectivity index (χ2v) is 57.9. The first-order valence-electron chi connectivity index (χ1n) is 57.0. The van der Waals surface area contributed by atoms with Crippen LogP contribution in [0.2, 0.25) is 39.3 Å². The molecule has 0 atom stereocenters. The number of carboxylic acid groups (broad SMARTS) is 1. The van der Waals surface area contributed by atoms with Gasteiger partial charge in [0.15, 0.2) is 0 Å². The summed E-state index contributed by atoms with van der Waals surface area (Å²) in [5.74, 6) is 13.1. The van der Waals surface area contributed by atoms with Crippen LogP contribution in [0.4, 0.5) is 0 Å². The van der Waals surface area contributed by atoms with Crippen molar-refractivity contribution < 1.29 is 29.3 Å². The van der Waals surface area contributed by atoms with Crippen molar-refractivity contribution in [3.63, 3.8) is 0 Å². The number of ether oxygens (including phenoxy) is 2. The number of piperazine rings is 3. The Morgan fingerprint density at radius 1 is 0.373 bits per heavy atom. The predicted octanol–water partition coefficient (Wildman–Crippen LogP) is 29.6. The fourth-order valence-electron chi connectivity index (χ4n) is 15.2. The van der Waals surface area contributed by atoms with Crippen molar-refractivity contribution in [1.29, 1.82) is 0 Å². The number of morpholine rings is 1. The number of nitrogens with zero attached hydrogens (tertiary/aromatic N) is 10. The van der Waals surface area contributed by atoms with Gasteiger partial charge in [-0.05, 0) is 188 Å². The van der Waals surface area contributed by atoms with E-state index < -0.39 is 22.1 Å². The van der Waals surface area contributed by atoms with Crippen molar-refractivity contribution >= 4 is 22.1 Å². The Labute approximate surface area is 933 Å². The molecule has 5 aliphatic rings. The van der Waals surface area contributed by atoms with E-state index in [1.165, 1.54) is 98.6 Å². The topological polar surface area (TPSA) is 118 Å². The molecule has 0 aromatic rings. The Morgan fingerprint density at radius 3 is 0.900 bits per heavy atom. The molecule has 0 aromatic carbocycles. The highest BCUT2D eigenvalue weighted by atomic mass is 28.3. The SMILES string of the molecule is C=C(/C=C/CN(C)C)CC(C)C.C=C(/C=C/CN(C)CC(=O)O)CC(C)C.C=C(/C=C/CN(C)OC)CC(C)C.C=C(/C=C/CN1CCN(C)CC1)CC(C)C.C=C(/C=C/CN1CCN(C2CC2)CC1)CC(C)C.C=C(/C=C/CN1CCN(CCOC)CC1)CC(C)C.C=C(/C=C/CN1CCOCC1)CC(C)C.C=C(/C=C/CO)CC(C)C.C=C(C#C[Si](C)(C)C)CC(C)C.C=C(C#C[Si](C)(C)C)CC(C)C.C=CC(=C)CC(C)C. The molecule has 18 heteroatoms. The molecule has 0 amide bonds. The Kier molecular flexibility index (Phi) is 99.3. The van der Waals surface area contributed by atoms with E-state index in [1.807, 2.05) is 31.4 Å². The first-order valence-corrected chi connectivity index (χ1v) is 64.0. The van der Waals surface area contributed by atoms with E-state index >= 15 is 0 Å². The minimum atomic E-state index is -1.19. The standard InChI is InChI=1S/C16H30N2O.C16H28N2.C14H26N2.C13H23NO.C12H21NO2.C11H21NO.C11H21N.2C11H20Si.C9H16O.C8H14/c1-15(2)14-16(3)6-5-7-17-8-10-18(11-9-17)12-13-19-4;1-14(2)13-15(3)5-4-8-17-9-11-18(12-10-17)16-6-7-16;1-13(2)12-14(3)6-5-7-16-10-8-15(4)9-11-16;1-12(2)11-13(3)5-4-6-14-7-9-15-10-8-14;1-10(2)8-11(3)6-5-7-13(4)9-12(14)15;1-10(2)9-11(3)7-6-8-12(4)13-5;1-10(2)9-11(3)7-6-8-12(4)5;2*1-10(2)9-11(3)7-8-12(4,5)6;1-8(2)7-9(3)5-4-6-10;1-5-8(4)6-7(2)3/h5-6,15H,3,7-14H2,1-2,4H3;4-5,14,16H,3,6-13H2,1-2H3;5-6,13H,3,7-12H2,1-2,4H3;4-5,12H,3,6-11H2,1-2H3;5-6,10H,3,7-9H2,1-2,4H3,(H,14,15);6-7,10H,3,8-9H2,1-2,4-5H3;6-7,10H,3,8-9H2,1-2,4-5H3;2*10H,3,9H2,1-2,4-6H3;4-5,8,10H,3,6-7H2,1-2H3;5,7H,1,4,6H2,2-3H3/b6-5+;5-4+;6-5+;5-4+;6-5+;2*7-6+;;;5-4+;. The first kappa shape index (κ1) is 154. The largest absolute Gasteiger partial charge is 0.480 e. The number of methoxy groups -OCH3 is 1. The zero-order valence-electron chi connectivity index (χ0n) is 105. The third-order valence-corrected chi connectivity index (χ3v) is 24.2. The van der Waals surface area contributed by atoms with Crippen LogP contribution in [0, 0.1) is 88.0 Å². The fourth-order valence-corrected chi connectivity index (χ4v) is 16.3. The van der Waals surface area contributed by atoms with Crippen molar-refractivity contribution in [3.8, 4) is 22.9 Å². The maximum Gasteiger partial charge on any atom is 0.317 e. The van der Waals surface area contributed by atoms with Gasteiger partial charge in [0.05, 0.1) is 40.1 Å². The third-order valence-electron chi connectivity index (χ3n) is 22.5. The molecule has 0 bridgehead atoms. The molecule has 1 saturated carbocycles. The molecular formula is C132H240N10O6Si2. The lowest BCUT2D eigenvalue weighted by atomic mass is 10.0. The van der Waals surface area contributed by atoms with E-state index in [-0.39, 0.29) is 13.2 Å². The van der Waals surface area contributed by atoms with Gasteiger partial charge in [-0.15, -0.1) is 11.1 Å². The minimum Gasteiger partial charge on any atom is -0.480 e. The second-order valence-electron chi connectivity index (χ2n) is 48.4. The first-order chi connectivity index (χ1) is 70.0. The predicted molar refractivity (Wildman–Crippen MR) is 678 cm³/mol. The number of aliphatic hydroxyl groups excluding tert-OH is 1. The van der Waals surface area contributed by atoms with Gasteiger partial charge in [-0.25, -0.2) is 0 Å². The normalized spacial score (nSPS) is 15.2. The van der Waals surface area contributed by atoms with Gasteiger partial charge in [-0.1, -0.05) is 436 Å². The number of allylic oxidation sites excluding steroid dienone is 20. The average Bonchev–Trinajstić information content (AvgIpc) is 1.71. The summed E-state index contributed by atoms with van der Waals surface area (Å²) in [6.45, 7) is 136. The molecule has 4 aliphatic heterocycles. The Hall–Kier alpha value is -6.74. The summed E-state index contributed by atoms with van der Waals surface area (Å²) < 4.78 is 10.4. The van der Waals surface area contributed by atoms with E-state index in [0.717, 1.165) is 209 Å². The van der Waals surface area contributed by atoms with Gasteiger partial charge in [-0.2, -0.15) is 5.06 Å². The van der Waals surface area contributed by atoms with Gasteiger partial charge in [0, 0.05) is 164 Å². The van der Waals surface area contributed by atoms with Crippen LogP contribution >= 0.6 is 0 Å². The van der Waals surface area contributed by atoms with E-state index in [0.29, 0.717) is 71.6 Å². The Balaban J connectivity index is -0.000000383. The number of rotatable bonds is 53. The molecule has 0 aromatic heterocycles. The maximum absolute atomic E-state index is 10.4. The van der Waals surface area contributed by atoms with Crippen molar-refractivity contribution in [3.05, 3.63) is 244 Å². The molecule has 0 unspecified atom stereocenters.